The third-order valence-electron chi connectivity index (χ3n) is 3.67. The lowest BCUT2D eigenvalue weighted by Crippen LogP contribution is -2.36. The van der Waals surface area contributed by atoms with Gasteiger partial charge in [-0.1, -0.05) is 11.8 Å². The Morgan fingerprint density at radius 1 is 1.47 bits per heavy atom. The predicted octanol–water partition coefficient (Wildman–Crippen LogP) is 1.65. The molecule has 104 valence electrons. The lowest BCUT2D eigenvalue weighted by molar-refractivity contribution is 0.0698. The van der Waals surface area contributed by atoms with E-state index in [2.05, 4.69) is 28.9 Å². The van der Waals surface area contributed by atoms with Crippen LogP contribution < -0.4 is 5.73 Å². The van der Waals surface area contributed by atoms with E-state index in [1.807, 2.05) is 6.92 Å². The van der Waals surface area contributed by atoms with Gasteiger partial charge in [0.25, 0.3) is 0 Å². The number of hydrogen-bond acceptors (Lipinski definition) is 4. The summed E-state index contributed by atoms with van der Waals surface area (Å²) in [6, 6.07) is 4.23. The van der Waals surface area contributed by atoms with Crippen molar-refractivity contribution in [3.8, 4) is 11.8 Å². The normalized spacial score (nSPS) is 18.9. The van der Waals surface area contributed by atoms with Gasteiger partial charge in [0.15, 0.2) is 0 Å². The smallest absolute Gasteiger partial charge is 0.0772 e. The third kappa shape index (κ3) is 4.32. The predicted molar refractivity (Wildman–Crippen MR) is 79.9 cm³/mol. The highest BCUT2D eigenvalue weighted by Gasteiger charge is 2.22. The second-order valence-corrected chi connectivity index (χ2v) is 6.29. The van der Waals surface area contributed by atoms with Crippen LogP contribution in [0.4, 0.5) is 0 Å². The Morgan fingerprint density at radius 2 is 2.21 bits per heavy atom. The Kier molecular flexibility index (Phi) is 5.41. The van der Waals surface area contributed by atoms with Crippen molar-refractivity contribution in [3.63, 3.8) is 0 Å². The molecule has 1 fully saturated rings. The molecule has 0 spiro atoms. The SMILES string of the molecule is CC(O)C1CCN(Cc2ccc(C#CCN)s2)CC1. The van der Waals surface area contributed by atoms with Gasteiger partial charge < -0.3 is 10.8 Å². The quantitative estimate of drug-likeness (QED) is 0.827. The van der Waals surface area contributed by atoms with Gasteiger partial charge >= 0.3 is 0 Å². The maximum atomic E-state index is 9.60. The van der Waals surface area contributed by atoms with E-state index in [4.69, 9.17) is 5.73 Å². The average Bonchev–Trinajstić information content (AvgIpc) is 2.84. The minimum atomic E-state index is -0.165. The minimum absolute atomic E-state index is 0.165. The summed E-state index contributed by atoms with van der Waals surface area (Å²) in [6.07, 6.45) is 2.04. The van der Waals surface area contributed by atoms with Gasteiger partial charge in [-0.2, -0.15) is 0 Å². The summed E-state index contributed by atoms with van der Waals surface area (Å²) in [5.41, 5.74) is 5.37. The molecule has 19 heavy (non-hydrogen) atoms. The van der Waals surface area contributed by atoms with Crippen molar-refractivity contribution in [2.24, 2.45) is 11.7 Å². The second-order valence-electron chi connectivity index (χ2n) is 5.13. The number of likely N-dealkylation sites (tertiary alicyclic amines) is 1. The van der Waals surface area contributed by atoms with E-state index in [0.29, 0.717) is 12.5 Å². The molecule has 0 saturated carbocycles. The van der Waals surface area contributed by atoms with Crippen LogP contribution in [0.15, 0.2) is 12.1 Å². The Bertz CT molecular complexity index is 450. The Balaban J connectivity index is 1.84. The molecule has 1 aromatic rings. The number of piperidine rings is 1. The number of nitrogens with two attached hydrogens (primary N) is 1. The van der Waals surface area contributed by atoms with Crippen LogP contribution in [-0.2, 0) is 6.54 Å². The summed E-state index contributed by atoms with van der Waals surface area (Å²) in [4.78, 5) is 4.92. The average molecular weight is 278 g/mol. The lowest BCUT2D eigenvalue weighted by Gasteiger charge is -2.32. The molecule has 1 aromatic heterocycles. The van der Waals surface area contributed by atoms with Crippen LogP contribution in [0.5, 0.6) is 0 Å². The standard InChI is InChI=1S/C15H22N2OS/c1-12(18)13-6-9-17(10-7-13)11-15-5-4-14(19-15)3-2-8-16/h4-5,12-13,18H,6-11,16H2,1H3. The summed E-state index contributed by atoms with van der Waals surface area (Å²) in [7, 11) is 0. The lowest BCUT2D eigenvalue weighted by atomic mass is 9.92. The molecule has 0 aliphatic carbocycles. The third-order valence-corrected chi connectivity index (χ3v) is 4.65. The molecular weight excluding hydrogens is 256 g/mol. The van der Waals surface area contributed by atoms with E-state index in [1.54, 1.807) is 11.3 Å². The molecule has 3 N–H and O–H groups in total. The van der Waals surface area contributed by atoms with Crippen molar-refractivity contribution >= 4 is 11.3 Å². The first-order valence-corrected chi connectivity index (χ1v) is 7.68. The molecule has 0 aromatic carbocycles. The summed E-state index contributed by atoms with van der Waals surface area (Å²) in [5.74, 6) is 6.44. The first-order valence-electron chi connectivity index (χ1n) is 6.87. The minimum Gasteiger partial charge on any atom is -0.393 e. The van der Waals surface area contributed by atoms with E-state index in [1.165, 1.54) is 4.88 Å². The first kappa shape index (κ1) is 14.5. The topological polar surface area (TPSA) is 49.5 Å². The van der Waals surface area contributed by atoms with Gasteiger partial charge in [-0.15, -0.1) is 11.3 Å². The van der Waals surface area contributed by atoms with Crippen molar-refractivity contribution in [2.45, 2.75) is 32.4 Å². The Hall–Kier alpha value is -0.860. The number of rotatable bonds is 3. The van der Waals surface area contributed by atoms with Gasteiger partial charge in [0.1, 0.15) is 0 Å². The molecule has 2 heterocycles. The van der Waals surface area contributed by atoms with Crippen molar-refractivity contribution in [1.29, 1.82) is 0 Å². The van der Waals surface area contributed by atoms with Crippen LogP contribution in [0.25, 0.3) is 0 Å². The number of hydrogen-bond donors (Lipinski definition) is 2. The Labute approximate surface area is 119 Å². The molecule has 4 heteroatoms. The molecule has 0 radical (unpaired) electrons. The van der Waals surface area contributed by atoms with Gasteiger partial charge in [-0.05, 0) is 50.9 Å². The zero-order valence-corrected chi connectivity index (χ0v) is 12.2. The summed E-state index contributed by atoms with van der Waals surface area (Å²) in [5, 5.41) is 9.60. The zero-order valence-electron chi connectivity index (χ0n) is 11.4. The molecule has 1 aliphatic rings. The molecule has 2 rings (SSSR count). The summed E-state index contributed by atoms with van der Waals surface area (Å²) < 4.78 is 0. The van der Waals surface area contributed by atoms with Crippen LogP contribution in [0.2, 0.25) is 0 Å². The van der Waals surface area contributed by atoms with E-state index >= 15 is 0 Å². The maximum absolute atomic E-state index is 9.60. The molecule has 0 amide bonds. The van der Waals surface area contributed by atoms with E-state index < -0.39 is 0 Å². The molecule has 3 nitrogen and oxygen atoms in total. The van der Waals surface area contributed by atoms with Crippen molar-refractivity contribution in [3.05, 3.63) is 21.9 Å². The number of thiophene rings is 1. The van der Waals surface area contributed by atoms with Gasteiger partial charge in [0.05, 0.1) is 17.5 Å². The highest BCUT2D eigenvalue weighted by molar-refractivity contribution is 7.12. The second kappa shape index (κ2) is 7.06. The van der Waals surface area contributed by atoms with E-state index in [0.717, 1.165) is 37.4 Å². The molecule has 1 atom stereocenters. The summed E-state index contributed by atoms with van der Waals surface area (Å²) in [6.45, 7) is 5.48. The molecule has 1 aliphatic heterocycles. The van der Waals surface area contributed by atoms with Gasteiger partial charge in [0.2, 0.25) is 0 Å². The Morgan fingerprint density at radius 3 is 2.84 bits per heavy atom. The van der Waals surface area contributed by atoms with Crippen LogP contribution >= 0.6 is 11.3 Å². The fourth-order valence-electron chi connectivity index (χ4n) is 2.48. The molecular formula is C15H22N2OS. The number of aliphatic hydroxyl groups is 1. The maximum Gasteiger partial charge on any atom is 0.0772 e. The van der Waals surface area contributed by atoms with Gasteiger partial charge in [-0.3, -0.25) is 4.90 Å². The van der Waals surface area contributed by atoms with Crippen LogP contribution in [0.3, 0.4) is 0 Å². The molecule has 1 saturated heterocycles. The first-order chi connectivity index (χ1) is 9.19. The van der Waals surface area contributed by atoms with Crippen molar-refractivity contribution in [2.75, 3.05) is 19.6 Å². The molecule has 1 unspecified atom stereocenters. The van der Waals surface area contributed by atoms with E-state index in [-0.39, 0.29) is 6.10 Å². The van der Waals surface area contributed by atoms with E-state index in [9.17, 15) is 5.11 Å². The molecule has 0 bridgehead atoms. The van der Waals surface area contributed by atoms with Crippen LogP contribution in [-0.4, -0.2) is 35.7 Å². The van der Waals surface area contributed by atoms with Crippen molar-refractivity contribution in [1.82, 2.24) is 4.90 Å². The van der Waals surface area contributed by atoms with Crippen LogP contribution in [0.1, 0.15) is 29.5 Å². The largest absolute Gasteiger partial charge is 0.393 e. The fourth-order valence-corrected chi connectivity index (χ4v) is 3.41. The number of nitrogens with zero attached hydrogens (tertiary/aromatic N) is 1. The fraction of sp³-hybridized carbons (Fsp3) is 0.600. The van der Waals surface area contributed by atoms with Crippen molar-refractivity contribution < 1.29 is 5.11 Å². The monoisotopic (exact) mass is 278 g/mol. The van der Waals surface area contributed by atoms with Crippen LogP contribution in [0, 0.1) is 17.8 Å². The summed E-state index contributed by atoms with van der Waals surface area (Å²) >= 11 is 1.75. The highest BCUT2D eigenvalue weighted by atomic mass is 32.1. The zero-order chi connectivity index (χ0) is 13.7. The highest BCUT2D eigenvalue weighted by Crippen LogP contribution is 2.24. The number of aliphatic hydroxyl groups excluding tert-OH is 1. The van der Waals surface area contributed by atoms with Gasteiger partial charge in [-0.25, -0.2) is 0 Å². The van der Waals surface area contributed by atoms with Gasteiger partial charge in [0, 0.05) is 11.4 Å².